The summed E-state index contributed by atoms with van der Waals surface area (Å²) < 4.78 is 0. The van der Waals surface area contributed by atoms with Gasteiger partial charge in [0.1, 0.15) is 0 Å². The quantitative estimate of drug-likeness (QED) is 0.906. The Morgan fingerprint density at radius 2 is 2.11 bits per heavy atom. The van der Waals surface area contributed by atoms with Gasteiger partial charge in [0.15, 0.2) is 0 Å². The van der Waals surface area contributed by atoms with Gasteiger partial charge in [0.25, 0.3) is 0 Å². The molecule has 0 spiro atoms. The topological polar surface area (TPSA) is 40.5 Å². The molecule has 0 aromatic heterocycles. The van der Waals surface area contributed by atoms with E-state index in [1.54, 1.807) is 6.92 Å². The third-order valence-electron chi connectivity index (χ3n) is 4.68. The zero-order chi connectivity index (χ0) is 13.4. The molecule has 1 heterocycles. The summed E-state index contributed by atoms with van der Waals surface area (Å²) in [6.45, 7) is 2.86. The van der Waals surface area contributed by atoms with Crippen molar-refractivity contribution in [2.45, 2.75) is 51.0 Å². The van der Waals surface area contributed by atoms with Gasteiger partial charge in [0.2, 0.25) is 0 Å². The van der Waals surface area contributed by atoms with Crippen LogP contribution in [0.1, 0.15) is 49.7 Å². The number of rotatable bonds is 3. The Bertz CT molecular complexity index is 492. The fourth-order valence-electron chi connectivity index (χ4n) is 3.43. The van der Waals surface area contributed by atoms with Crippen molar-refractivity contribution in [1.29, 1.82) is 0 Å². The van der Waals surface area contributed by atoms with Gasteiger partial charge < -0.3 is 10.0 Å². The molecule has 0 amide bonds. The van der Waals surface area contributed by atoms with Crippen LogP contribution in [0.15, 0.2) is 18.2 Å². The molecule has 3 heteroatoms. The lowest BCUT2D eigenvalue weighted by atomic mass is 9.98. The molecular formula is C16H21NO2. The van der Waals surface area contributed by atoms with Crippen LogP contribution in [0, 0.1) is 0 Å². The fraction of sp³-hybridized carbons (Fsp3) is 0.562. The number of hydrogen-bond acceptors (Lipinski definition) is 2. The predicted molar refractivity (Wildman–Crippen MR) is 75.8 cm³/mol. The van der Waals surface area contributed by atoms with E-state index >= 15 is 0 Å². The Labute approximate surface area is 114 Å². The molecule has 1 saturated carbocycles. The zero-order valence-electron chi connectivity index (χ0n) is 11.4. The summed E-state index contributed by atoms with van der Waals surface area (Å²) in [5, 5.41) is 9.15. The number of benzene rings is 1. The number of anilines is 1. The van der Waals surface area contributed by atoms with E-state index in [9.17, 15) is 4.79 Å². The molecular weight excluding hydrogens is 238 g/mol. The highest BCUT2D eigenvalue weighted by Gasteiger charge is 2.29. The number of carboxylic acids is 1. The molecule has 0 radical (unpaired) electrons. The maximum Gasteiger partial charge on any atom is 0.310 e. The first kappa shape index (κ1) is 12.5. The standard InChI is InChI=1S/C16H21NO2/c1-11(16(18)19)13-7-6-12-8-9-17(15(12)10-13)14-4-2-3-5-14/h6-7,10-11,14H,2-5,8-9H2,1H3,(H,18,19). The average molecular weight is 259 g/mol. The summed E-state index contributed by atoms with van der Waals surface area (Å²) in [6, 6.07) is 6.89. The van der Waals surface area contributed by atoms with E-state index < -0.39 is 11.9 Å². The lowest BCUT2D eigenvalue weighted by Gasteiger charge is -2.27. The Morgan fingerprint density at radius 3 is 2.79 bits per heavy atom. The summed E-state index contributed by atoms with van der Waals surface area (Å²) in [6.07, 6.45) is 6.35. The van der Waals surface area contributed by atoms with Crippen molar-refractivity contribution in [3.8, 4) is 0 Å². The molecule has 3 rings (SSSR count). The fourth-order valence-corrected chi connectivity index (χ4v) is 3.43. The number of fused-ring (bicyclic) bond motifs is 1. The van der Waals surface area contributed by atoms with Gasteiger partial charge in [-0.25, -0.2) is 0 Å². The molecule has 1 aliphatic carbocycles. The number of aliphatic carboxylic acids is 1. The van der Waals surface area contributed by atoms with Gasteiger partial charge in [-0.3, -0.25) is 4.79 Å². The molecule has 0 bridgehead atoms. The predicted octanol–water partition coefficient (Wildman–Crippen LogP) is 3.18. The van der Waals surface area contributed by atoms with Gasteiger partial charge in [-0.2, -0.15) is 0 Å². The summed E-state index contributed by atoms with van der Waals surface area (Å²) in [5.41, 5.74) is 3.60. The Hall–Kier alpha value is -1.51. The van der Waals surface area contributed by atoms with Crippen LogP contribution < -0.4 is 4.90 Å². The molecule has 0 saturated heterocycles. The van der Waals surface area contributed by atoms with Gasteiger partial charge in [-0.1, -0.05) is 25.0 Å². The largest absolute Gasteiger partial charge is 0.481 e. The molecule has 1 unspecified atom stereocenters. The van der Waals surface area contributed by atoms with E-state index in [4.69, 9.17) is 5.11 Å². The van der Waals surface area contributed by atoms with Gasteiger partial charge in [0, 0.05) is 18.3 Å². The highest BCUT2D eigenvalue weighted by molar-refractivity contribution is 5.76. The van der Waals surface area contributed by atoms with Crippen LogP contribution in [0.2, 0.25) is 0 Å². The molecule has 1 fully saturated rings. The zero-order valence-corrected chi connectivity index (χ0v) is 11.4. The first-order chi connectivity index (χ1) is 9.16. The van der Waals surface area contributed by atoms with E-state index in [1.165, 1.54) is 36.9 Å². The molecule has 1 N–H and O–H groups in total. The van der Waals surface area contributed by atoms with Gasteiger partial charge in [-0.05, 0) is 43.4 Å². The molecule has 3 nitrogen and oxygen atoms in total. The third kappa shape index (κ3) is 2.22. The van der Waals surface area contributed by atoms with Crippen LogP contribution in [-0.2, 0) is 11.2 Å². The second kappa shape index (κ2) is 4.87. The molecule has 19 heavy (non-hydrogen) atoms. The molecule has 2 aliphatic rings. The van der Waals surface area contributed by atoms with E-state index in [2.05, 4.69) is 17.0 Å². The normalized spacial score (nSPS) is 20.6. The Balaban J connectivity index is 1.90. The molecule has 1 aromatic rings. The number of carbonyl (C=O) groups is 1. The Morgan fingerprint density at radius 1 is 1.37 bits per heavy atom. The van der Waals surface area contributed by atoms with Crippen molar-refractivity contribution in [2.75, 3.05) is 11.4 Å². The summed E-state index contributed by atoms with van der Waals surface area (Å²) in [5.74, 6) is -1.17. The summed E-state index contributed by atoms with van der Waals surface area (Å²) >= 11 is 0. The number of carboxylic acid groups (broad SMARTS) is 1. The molecule has 1 aromatic carbocycles. The molecule has 1 atom stereocenters. The minimum atomic E-state index is -0.745. The monoisotopic (exact) mass is 259 g/mol. The van der Waals surface area contributed by atoms with Crippen LogP contribution in [0.25, 0.3) is 0 Å². The van der Waals surface area contributed by atoms with Crippen molar-refractivity contribution in [3.05, 3.63) is 29.3 Å². The lowest BCUT2D eigenvalue weighted by molar-refractivity contribution is -0.138. The summed E-state index contributed by atoms with van der Waals surface area (Å²) in [4.78, 5) is 13.6. The smallest absolute Gasteiger partial charge is 0.310 e. The van der Waals surface area contributed by atoms with Crippen LogP contribution in [0.4, 0.5) is 5.69 Å². The van der Waals surface area contributed by atoms with E-state index in [1.807, 2.05) is 6.07 Å². The van der Waals surface area contributed by atoms with E-state index in [0.29, 0.717) is 6.04 Å². The van der Waals surface area contributed by atoms with E-state index in [0.717, 1.165) is 18.5 Å². The lowest BCUT2D eigenvalue weighted by Crippen LogP contribution is -2.31. The maximum absolute atomic E-state index is 11.1. The first-order valence-electron chi connectivity index (χ1n) is 7.29. The minimum absolute atomic E-state index is 0.420. The SMILES string of the molecule is CC(C(=O)O)c1ccc2c(c1)N(C1CCCC1)CC2. The average Bonchev–Trinajstić information content (AvgIpc) is 3.05. The summed E-state index contributed by atoms with van der Waals surface area (Å²) in [7, 11) is 0. The van der Waals surface area contributed by atoms with Crippen LogP contribution >= 0.6 is 0 Å². The maximum atomic E-state index is 11.1. The molecule has 1 aliphatic heterocycles. The van der Waals surface area contributed by atoms with Crippen LogP contribution in [-0.4, -0.2) is 23.7 Å². The number of nitrogens with zero attached hydrogens (tertiary/aromatic N) is 1. The highest BCUT2D eigenvalue weighted by Crippen LogP contribution is 2.36. The van der Waals surface area contributed by atoms with Crippen molar-refractivity contribution >= 4 is 11.7 Å². The number of hydrogen-bond donors (Lipinski definition) is 1. The second-order valence-corrected chi connectivity index (χ2v) is 5.83. The third-order valence-corrected chi connectivity index (χ3v) is 4.68. The van der Waals surface area contributed by atoms with Crippen molar-refractivity contribution in [1.82, 2.24) is 0 Å². The van der Waals surface area contributed by atoms with E-state index in [-0.39, 0.29) is 0 Å². The minimum Gasteiger partial charge on any atom is -0.481 e. The van der Waals surface area contributed by atoms with Gasteiger partial charge >= 0.3 is 5.97 Å². The van der Waals surface area contributed by atoms with Gasteiger partial charge in [-0.15, -0.1) is 0 Å². The van der Waals surface area contributed by atoms with Crippen molar-refractivity contribution in [2.24, 2.45) is 0 Å². The Kier molecular flexibility index (Phi) is 3.21. The van der Waals surface area contributed by atoms with Gasteiger partial charge in [0.05, 0.1) is 5.92 Å². The van der Waals surface area contributed by atoms with Crippen LogP contribution in [0.3, 0.4) is 0 Å². The molecule has 102 valence electrons. The van der Waals surface area contributed by atoms with Crippen molar-refractivity contribution in [3.63, 3.8) is 0 Å². The highest BCUT2D eigenvalue weighted by atomic mass is 16.4. The van der Waals surface area contributed by atoms with Crippen molar-refractivity contribution < 1.29 is 9.90 Å². The second-order valence-electron chi connectivity index (χ2n) is 5.83. The first-order valence-corrected chi connectivity index (χ1v) is 7.29. The van der Waals surface area contributed by atoms with Crippen LogP contribution in [0.5, 0.6) is 0 Å².